The average Bonchev–Trinajstić information content (AvgIpc) is 2.97. The van der Waals surface area contributed by atoms with Crippen LogP contribution >= 0.6 is 0 Å². The molecule has 0 saturated carbocycles. The summed E-state index contributed by atoms with van der Waals surface area (Å²) < 4.78 is 15.3. The van der Waals surface area contributed by atoms with Gasteiger partial charge in [-0.15, -0.1) is 5.10 Å². The maximum Gasteiger partial charge on any atom is 0.129 e. The van der Waals surface area contributed by atoms with E-state index in [4.69, 9.17) is 0 Å². The molecule has 0 saturated heterocycles. The summed E-state index contributed by atoms with van der Waals surface area (Å²) in [6, 6.07) is 15.4. The van der Waals surface area contributed by atoms with Crippen LogP contribution in [0.3, 0.4) is 0 Å². The quantitative estimate of drug-likeness (QED) is 0.794. The van der Waals surface area contributed by atoms with Crippen molar-refractivity contribution in [3.8, 4) is 5.69 Å². The minimum atomic E-state index is -1.12. The van der Waals surface area contributed by atoms with E-state index in [1.807, 2.05) is 30.3 Å². The molecule has 0 amide bonds. The van der Waals surface area contributed by atoms with E-state index in [0.717, 1.165) is 5.69 Å². The fraction of sp³-hybridized carbons (Fsp3) is 0.0667. The molecule has 0 spiro atoms. The summed E-state index contributed by atoms with van der Waals surface area (Å²) in [5.41, 5.74) is 1.38. The molecule has 0 bridgehead atoms. The molecule has 3 rings (SSSR count). The van der Waals surface area contributed by atoms with Gasteiger partial charge in [0.15, 0.2) is 0 Å². The molecule has 1 unspecified atom stereocenters. The van der Waals surface area contributed by atoms with Gasteiger partial charge in [0.2, 0.25) is 0 Å². The lowest BCUT2D eigenvalue weighted by Crippen LogP contribution is -2.09. The van der Waals surface area contributed by atoms with Gasteiger partial charge in [0.25, 0.3) is 0 Å². The van der Waals surface area contributed by atoms with Crippen LogP contribution in [0.25, 0.3) is 5.69 Å². The lowest BCUT2D eigenvalue weighted by molar-refractivity contribution is 0.207. The van der Waals surface area contributed by atoms with Crippen LogP contribution in [0.2, 0.25) is 0 Å². The van der Waals surface area contributed by atoms with E-state index in [9.17, 15) is 9.50 Å². The third kappa shape index (κ3) is 2.19. The Morgan fingerprint density at radius 3 is 2.45 bits per heavy atom. The minimum Gasteiger partial charge on any atom is -0.382 e. The van der Waals surface area contributed by atoms with Crippen molar-refractivity contribution in [2.75, 3.05) is 0 Å². The SMILES string of the molecule is OC(c1ccccc1F)c1cnnn1-c1ccccc1. The number of aliphatic hydroxyl groups excluding tert-OH is 1. The second-order valence-electron chi connectivity index (χ2n) is 4.33. The molecule has 5 heteroatoms. The number of aromatic nitrogens is 3. The van der Waals surface area contributed by atoms with Crippen molar-refractivity contribution in [1.82, 2.24) is 15.0 Å². The molecular weight excluding hydrogens is 257 g/mol. The largest absolute Gasteiger partial charge is 0.382 e. The Labute approximate surface area is 115 Å². The van der Waals surface area contributed by atoms with E-state index in [0.29, 0.717) is 5.69 Å². The summed E-state index contributed by atoms with van der Waals surface area (Å²) in [5, 5.41) is 18.1. The van der Waals surface area contributed by atoms with Gasteiger partial charge in [0, 0.05) is 5.56 Å². The first-order valence-electron chi connectivity index (χ1n) is 6.16. The van der Waals surface area contributed by atoms with Crippen molar-refractivity contribution in [1.29, 1.82) is 0 Å². The van der Waals surface area contributed by atoms with E-state index >= 15 is 0 Å². The Kier molecular flexibility index (Phi) is 3.26. The number of hydrogen-bond acceptors (Lipinski definition) is 3. The molecule has 0 aliphatic carbocycles. The number of nitrogens with zero attached hydrogens (tertiary/aromatic N) is 3. The molecule has 0 aliphatic heterocycles. The topological polar surface area (TPSA) is 50.9 Å². The molecular formula is C15H12FN3O. The summed E-state index contributed by atoms with van der Waals surface area (Å²) in [6.07, 6.45) is 0.316. The number of halogens is 1. The van der Waals surface area contributed by atoms with Crippen LogP contribution in [0, 0.1) is 5.82 Å². The average molecular weight is 269 g/mol. The predicted octanol–water partition coefficient (Wildman–Crippen LogP) is 2.49. The smallest absolute Gasteiger partial charge is 0.129 e. The van der Waals surface area contributed by atoms with Crippen molar-refractivity contribution >= 4 is 0 Å². The van der Waals surface area contributed by atoms with Gasteiger partial charge in [-0.25, -0.2) is 9.07 Å². The van der Waals surface area contributed by atoms with E-state index in [1.54, 1.807) is 18.2 Å². The van der Waals surface area contributed by atoms with Crippen molar-refractivity contribution in [3.63, 3.8) is 0 Å². The highest BCUT2D eigenvalue weighted by Crippen LogP contribution is 2.25. The first-order chi connectivity index (χ1) is 9.77. The zero-order chi connectivity index (χ0) is 13.9. The van der Waals surface area contributed by atoms with Crippen LogP contribution in [0.5, 0.6) is 0 Å². The predicted molar refractivity (Wildman–Crippen MR) is 71.8 cm³/mol. The number of benzene rings is 2. The third-order valence-electron chi connectivity index (χ3n) is 3.06. The lowest BCUT2D eigenvalue weighted by Gasteiger charge is -2.13. The van der Waals surface area contributed by atoms with E-state index in [2.05, 4.69) is 10.3 Å². The fourth-order valence-electron chi connectivity index (χ4n) is 2.06. The maximum atomic E-state index is 13.8. The van der Waals surface area contributed by atoms with Crippen molar-refractivity contribution in [2.24, 2.45) is 0 Å². The number of para-hydroxylation sites is 1. The highest BCUT2D eigenvalue weighted by molar-refractivity contribution is 5.34. The second kappa shape index (κ2) is 5.22. The number of rotatable bonds is 3. The van der Waals surface area contributed by atoms with Gasteiger partial charge in [-0.1, -0.05) is 41.6 Å². The second-order valence-corrected chi connectivity index (χ2v) is 4.33. The monoisotopic (exact) mass is 269 g/mol. The lowest BCUT2D eigenvalue weighted by atomic mass is 10.1. The maximum absolute atomic E-state index is 13.8. The summed E-state index contributed by atoms with van der Waals surface area (Å²) in [7, 11) is 0. The van der Waals surface area contributed by atoms with Gasteiger partial charge in [-0.2, -0.15) is 0 Å². The zero-order valence-corrected chi connectivity index (χ0v) is 10.5. The van der Waals surface area contributed by atoms with Crippen LogP contribution in [-0.4, -0.2) is 20.1 Å². The Morgan fingerprint density at radius 2 is 1.70 bits per heavy atom. The van der Waals surface area contributed by atoms with E-state index in [1.165, 1.54) is 16.9 Å². The summed E-state index contributed by atoms with van der Waals surface area (Å²) in [6.45, 7) is 0. The molecule has 1 aromatic heterocycles. The molecule has 1 atom stereocenters. The zero-order valence-electron chi connectivity index (χ0n) is 10.5. The molecule has 20 heavy (non-hydrogen) atoms. The standard InChI is InChI=1S/C15H12FN3O/c16-13-9-5-4-8-12(13)15(20)14-10-17-18-19(14)11-6-2-1-3-7-11/h1-10,15,20H. The van der Waals surface area contributed by atoms with E-state index in [-0.39, 0.29) is 5.56 Å². The number of hydrogen-bond donors (Lipinski definition) is 1. The first kappa shape index (κ1) is 12.5. The molecule has 3 aromatic rings. The Balaban J connectivity index is 2.04. The molecule has 0 fully saturated rings. The molecule has 0 radical (unpaired) electrons. The minimum absolute atomic E-state index is 0.201. The molecule has 4 nitrogen and oxygen atoms in total. The summed E-state index contributed by atoms with van der Waals surface area (Å²) >= 11 is 0. The normalized spacial score (nSPS) is 12.3. The molecule has 0 aliphatic rings. The van der Waals surface area contributed by atoms with Crippen LogP contribution in [0.15, 0.2) is 60.8 Å². The molecule has 2 aromatic carbocycles. The van der Waals surface area contributed by atoms with Gasteiger partial charge in [-0.05, 0) is 18.2 Å². The van der Waals surface area contributed by atoms with Gasteiger partial charge in [0.1, 0.15) is 11.9 Å². The molecule has 1 N–H and O–H groups in total. The molecule has 100 valence electrons. The van der Waals surface area contributed by atoms with Crippen LogP contribution in [0.4, 0.5) is 4.39 Å². The van der Waals surface area contributed by atoms with Gasteiger partial charge < -0.3 is 5.11 Å². The summed E-state index contributed by atoms with van der Waals surface area (Å²) in [4.78, 5) is 0. The number of aliphatic hydroxyl groups is 1. The highest BCUT2D eigenvalue weighted by Gasteiger charge is 2.20. The first-order valence-corrected chi connectivity index (χ1v) is 6.16. The Bertz CT molecular complexity index is 712. The molecule has 1 heterocycles. The van der Waals surface area contributed by atoms with Crippen molar-refractivity contribution in [3.05, 3.63) is 77.9 Å². The Hall–Kier alpha value is -2.53. The van der Waals surface area contributed by atoms with Gasteiger partial charge >= 0.3 is 0 Å². The van der Waals surface area contributed by atoms with E-state index < -0.39 is 11.9 Å². The van der Waals surface area contributed by atoms with Gasteiger partial charge in [-0.3, -0.25) is 0 Å². The summed E-state index contributed by atoms with van der Waals surface area (Å²) in [5.74, 6) is -0.458. The Morgan fingerprint density at radius 1 is 1.00 bits per heavy atom. The third-order valence-corrected chi connectivity index (χ3v) is 3.06. The van der Waals surface area contributed by atoms with Crippen molar-refractivity contribution in [2.45, 2.75) is 6.10 Å². The van der Waals surface area contributed by atoms with Crippen molar-refractivity contribution < 1.29 is 9.50 Å². The van der Waals surface area contributed by atoms with Gasteiger partial charge in [0.05, 0.1) is 17.6 Å². The highest BCUT2D eigenvalue weighted by atomic mass is 19.1. The van der Waals surface area contributed by atoms with Crippen LogP contribution in [0.1, 0.15) is 17.4 Å². The van der Waals surface area contributed by atoms with Crippen LogP contribution < -0.4 is 0 Å². The van der Waals surface area contributed by atoms with Crippen LogP contribution in [-0.2, 0) is 0 Å². The fourth-order valence-corrected chi connectivity index (χ4v) is 2.06.